The molecule has 0 aliphatic rings. The fraction of sp³-hybridized carbons (Fsp3) is 0.0714. The molecule has 0 bridgehead atoms. The van der Waals surface area contributed by atoms with Crippen molar-refractivity contribution < 1.29 is 9.53 Å². The minimum Gasteiger partial charge on any atom is -0.488 e. The van der Waals surface area contributed by atoms with Crippen molar-refractivity contribution in [2.24, 2.45) is 5.73 Å². The van der Waals surface area contributed by atoms with E-state index in [2.05, 4.69) is 15.9 Å². The van der Waals surface area contributed by atoms with Crippen LogP contribution in [0, 0.1) is 0 Å². The molecule has 0 radical (unpaired) electrons. The quantitative estimate of drug-likeness (QED) is 0.943. The third kappa shape index (κ3) is 2.90. The van der Waals surface area contributed by atoms with Crippen molar-refractivity contribution in [2.45, 2.75) is 6.61 Å². The van der Waals surface area contributed by atoms with Gasteiger partial charge in [-0.3, -0.25) is 4.79 Å². The molecule has 0 saturated carbocycles. The van der Waals surface area contributed by atoms with Crippen LogP contribution in [0.25, 0.3) is 0 Å². The molecule has 2 aromatic carbocycles. The lowest BCUT2D eigenvalue weighted by Crippen LogP contribution is -2.12. The van der Waals surface area contributed by atoms with Gasteiger partial charge in [0.15, 0.2) is 0 Å². The number of ether oxygens (including phenoxy) is 1. The molecular formula is C14H12BrNO2. The zero-order valence-corrected chi connectivity index (χ0v) is 11.2. The summed E-state index contributed by atoms with van der Waals surface area (Å²) in [7, 11) is 0. The monoisotopic (exact) mass is 305 g/mol. The van der Waals surface area contributed by atoms with E-state index in [1.54, 1.807) is 18.2 Å². The smallest absolute Gasteiger partial charge is 0.252 e. The van der Waals surface area contributed by atoms with Crippen molar-refractivity contribution in [3.63, 3.8) is 0 Å². The van der Waals surface area contributed by atoms with Crippen LogP contribution in [-0.4, -0.2) is 5.91 Å². The molecule has 0 aliphatic heterocycles. The lowest BCUT2D eigenvalue weighted by Gasteiger charge is -2.10. The van der Waals surface area contributed by atoms with Crippen LogP contribution >= 0.6 is 15.9 Å². The average molecular weight is 306 g/mol. The zero-order chi connectivity index (χ0) is 13.0. The Balaban J connectivity index is 2.16. The number of para-hydroxylation sites is 1. The Morgan fingerprint density at radius 1 is 1.11 bits per heavy atom. The maximum Gasteiger partial charge on any atom is 0.252 e. The first kappa shape index (κ1) is 12.6. The Kier molecular flexibility index (Phi) is 3.99. The van der Waals surface area contributed by atoms with E-state index in [4.69, 9.17) is 10.5 Å². The van der Waals surface area contributed by atoms with E-state index in [1.807, 2.05) is 30.3 Å². The summed E-state index contributed by atoms with van der Waals surface area (Å²) in [5, 5.41) is 0. The van der Waals surface area contributed by atoms with Gasteiger partial charge in [-0.25, -0.2) is 0 Å². The summed E-state index contributed by atoms with van der Waals surface area (Å²) >= 11 is 3.45. The molecule has 0 spiro atoms. The van der Waals surface area contributed by atoms with Crippen molar-refractivity contribution in [2.75, 3.05) is 0 Å². The van der Waals surface area contributed by atoms with E-state index in [-0.39, 0.29) is 0 Å². The summed E-state index contributed by atoms with van der Waals surface area (Å²) < 4.78 is 6.61. The summed E-state index contributed by atoms with van der Waals surface area (Å²) in [5.74, 6) is 0.0125. The SMILES string of the molecule is NC(=O)c1ccccc1OCc1ccccc1Br. The van der Waals surface area contributed by atoms with Gasteiger partial charge in [0.05, 0.1) is 5.56 Å². The summed E-state index contributed by atoms with van der Waals surface area (Å²) in [6.45, 7) is 0.381. The van der Waals surface area contributed by atoms with Gasteiger partial charge in [-0.05, 0) is 18.2 Å². The summed E-state index contributed by atoms with van der Waals surface area (Å²) in [4.78, 5) is 11.2. The zero-order valence-electron chi connectivity index (χ0n) is 9.60. The molecule has 2 aromatic rings. The highest BCUT2D eigenvalue weighted by atomic mass is 79.9. The Bertz CT molecular complexity index is 569. The van der Waals surface area contributed by atoms with Crippen LogP contribution in [0.2, 0.25) is 0 Å². The van der Waals surface area contributed by atoms with Gasteiger partial charge in [0, 0.05) is 10.0 Å². The molecule has 0 fully saturated rings. The number of halogens is 1. The maximum absolute atomic E-state index is 11.2. The molecule has 2 rings (SSSR count). The molecule has 2 N–H and O–H groups in total. The second-order valence-corrected chi connectivity index (χ2v) is 4.59. The van der Waals surface area contributed by atoms with E-state index >= 15 is 0 Å². The van der Waals surface area contributed by atoms with E-state index in [0.717, 1.165) is 10.0 Å². The first-order valence-electron chi connectivity index (χ1n) is 5.43. The van der Waals surface area contributed by atoms with Crippen molar-refractivity contribution in [1.82, 2.24) is 0 Å². The van der Waals surface area contributed by atoms with Gasteiger partial charge in [0.2, 0.25) is 0 Å². The van der Waals surface area contributed by atoms with Crippen LogP contribution in [0.3, 0.4) is 0 Å². The topological polar surface area (TPSA) is 52.3 Å². The number of hydrogen-bond acceptors (Lipinski definition) is 2. The standard InChI is InChI=1S/C14H12BrNO2/c15-12-7-3-1-5-10(12)9-18-13-8-4-2-6-11(13)14(16)17/h1-8H,9H2,(H2,16,17). The van der Waals surface area contributed by atoms with E-state index in [9.17, 15) is 4.79 Å². The molecule has 1 amide bonds. The van der Waals surface area contributed by atoms with Gasteiger partial charge in [-0.15, -0.1) is 0 Å². The Morgan fingerprint density at radius 2 is 1.78 bits per heavy atom. The van der Waals surface area contributed by atoms with Gasteiger partial charge >= 0.3 is 0 Å². The summed E-state index contributed by atoms with van der Waals surface area (Å²) in [6.07, 6.45) is 0. The number of nitrogens with two attached hydrogens (primary N) is 1. The second-order valence-electron chi connectivity index (χ2n) is 3.74. The second kappa shape index (κ2) is 5.69. The minimum absolute atomic E-state index is 0.381. The van der Waals surface area contributed by atoms with Crippen molar-refractivity contribution in [3.8, 4) is 5.75 Å². The average Bonchev–Trinajstić information content (AvgIpc) is 2.38. The lowest BCUT2D eigenvalue weighted by molar-refractivity contribution is 0.0996. The van der Waals surface area contributed by atoms with Gasteiger partial charge in [0.1, 0.15) is 12.4 Å². The van der Waals surface area contributed by atoms with Crippen LogP contribution < -0.4 is 10.5 Å². The number of hydrogen-bond donors (Lipinski definition) is 1. The molecule has 0 aromatic heterocycles. The van der Waals surface area contributed by atoms with Crippen LogP contribution in [0.5, 0.6) is 5.75 Å². The fourth-order valence-electron chi connectivity index (χ4n) is 1.57. The molecule has 0 atom stereocenters. The molecule has 4 heteroatoms. The summed E-state index contributed by atoms with van der Waals surface area (Å²) in [5.41, 5.74) is 6.69. The number of rotatable bonds is 4. The molecule has 0 saturated heterocycles. The Morgan fingerprint density at radius 3 is 2.50 bits per heavy atom. The molecule has 0 aliphatic carbocycles. The first-order chi connectivity index (χ1) is 8.68. The largest absolute Gasteiger partial charge is 0.488 e. The van der Waals surface area contributed by atoms with Crippen LogP contribution in [0.15, 0.2) is 53.0 Å². The van der Waals surface area contributed by atoms with Crippen molar-refractivity contribution in [1.29, 1.82) is 0 Å². The number of carbonyl (C=O) groups is 1. The summed E-state index contributed by atoms with van der Waals surface area (Å²) in [6, 6.07) is 14.7. The molecule has 92 valence electrons. The molecule has 3 nitrogen and oxygen atoms in total. The van der Waals surface area contributed by atoms with Crippen LogP contribution in [0.1, 0.15) is 15.9 Å². The molecule has 18 heavy (non-hydrogen) atoms. The van der Waals surface area contributed by atoms with E-state index in [0.29, 0.717) is 17.9 Å². The van der Waals surface area contributed by atoms with Gasteiger partial charge in [-0.2, -0.15) is 0 Å². The van der Waals surface area contributed by atoms with E-state index < -0.39 is 5.91 Å². The highest BCUT2D eigenvalue weighted by Gasteiger charge is 2.08. The molecule has 0 heterocycles. The van der Waals surface area contributed by atoms with Gasteiger partial charge in [-0.1, -0.05) is 46.3 Å². The predicted octanol–water partition coefficient (Wildman–Crippen LogP) is 3.13. The number of amides is 1. The first-order valence-corrected chi connectivity index (χ1v) is 6.23. The van der Waals surface area contributed by atoms with Crippen LogP contribution in [-0.2, 0) is 6.61 Å². The minimum atomic E-state index is -0.488. The fourth-order valence-corrected chi connectivity index (χ4v) is 1.97. The normalized spacial score (nSPS) is 10.1. The Labute approximate surface area is 114 Å². The molecular weight excluding hydrogens is 294 g/mol. The van der Waals surface area contributed by atoms with Crippen LogP contribution in [0.4, 0.5) is 0 Å². The predicted molar refractivity (Wildman–Crippen MR) is 73.4 cm³/mol. The maximum atomic E-state index is 11.2. The Hall–Kier alpha value is -1.81. The number of benzene rings is 2. The van der Waals surface area contributed by atoms with Gasteiger partial charge < -0.3 is 10.5 Å². The van der Waals surface area contributed by atoms with Crippen molar-refractivity contribution >= 4 is 21.8 Å². The lowest BCUT2D eigenvalue weighted by atomic mass is 10.2. The number of primary amides is 1. The highest BCUT2D eigenvalue weighted by Crippen LogP contribution is 2.21. The van der Waals surface area contributed by atoms with Crippen molar-refractivity contribution in [3.05, 3.63) is 64.1 Å². The molecule has 0 unspecified atom stereocenters. The van der Waals surface area contributed by atoms with E-state index in [1.165, 1.54) is 0 Å². The van der Waals surface area contributed by atoms with Gasteiger partial charge in [0.25, 0.3) is 5.91 Å². The third-order valence-electron chi connectivity index (χ3n) is 2.49. The number of carbonyl (C=O) groups excluding carboxylic acids is 1. The highest BCUT2D eigenvalue weighted by molar-refractivity contribution is 9.10. The third-order valence-corrected chi connectivity index (χ3v) is 3.27.